The first-order valence-corrected chi connectivity index (χ1v) is 4.89. The van der Waals surface area contributed by atoms with E-state index in [0.29, 0.717) is 6.54 Å². The molecule has 0 unspecified atom stereocenters. The maximum absolute atomic E-state index is 11.2. The zero-order valence-electron chi connectivity index (χ0n) is 11.4. The summed E-state index contributed by atoms with van der Waals surface area (Å²) < 4.78 is 0. The second kappa shape index (κ2) is 9.69. The van der Waals surface area contributed by atoms with Crippen LogP contribution in [0, 0.1) is 13.3 Å². The summed E-state index contributed by atoms with van der Waals surface area (Å²) in [5, 5.41) is 11.2. The van der Waals surface area contributed by atoms with E-state index >= 15 is 0 Å². The van der Waals surface area contributed by atoms with Gasteiger partial charge in [-0.2, -0.15) is 0 Å². The number of aliphatic imine (C=N–C) groups is 1. The summed E-state index contributed by atoms with van der Waals surface area (Å²) in [6, 6.07) is 7.84. The van der Waals surface area contributed by atoms with Crippen molar-refractivity contribution < 1.29 is 24.0 Å². The Hall–Kier alpha value is -0.315. The maximum Gasteiger partial charge on any atom is 1.00 e. The van der Waals surface area contributed by atoms with Crippen molar-refractivity contribution in [2.45, 2.75) is 6.92 Å². The minimum Gasteiger partial charge on any atom is -0.846 e. The van der Waals surface area contributed by atoms with Crippen molar-refractivity contribution in [2.75, 3.05) is 20.6 Å². The van der Waals surface area contributed by atoms with Crippen molar-refractivity contribution in [3.63, 3.8) is 0 Å². The van der Waals surface area contributed by atoms with E-state index < -0.39 is 0 Å². The van der Waals surface area contributed by atoms with Gasteiger partial charge in [0.25, 0.3) is 0 Å². The summed E-state index contributed by atoms with van der Waals surface area (Å²) >= 11 is 0. The average Bonchev–Trinajstić information content (AvgIpc) is 2.20. The Kier molecular flexibility index (Phi) is 10.8. The molecule has 2 radical (unpaired) electrons. The summed E-state index contributed by atoms with van der Waals surface area (Å²) in [6.07, 6.45) is 1.96. The molecule has 17 heavy (non-hydrogen) atoms. The van der Waals surface area contributed by atoms with Crippen molar-refractivity contribution in [3.05, 3.63) is 41.8 Å². The van der Waals surface area contributed by atoms with Gasteiger partial charge in [-0.25, -0.2) is 0 Å². The van der Waals surface area contributed by atoms with Crippen molar-refractivity contribution >= 4 is 24.9 Å². The molecule has 0 atom stereocenters. The van der Waals surface area contributed by atoms with Gasteiger partial charge >= 0.3 is 18.9 Å². The van der Waals surface area contributed by atoms with Crippen LogP contribution in [-0.4, -0.2) is 50.4 Å². The minimum absolute atomic E-state index is 0. The van der Waals surface area contributed by atoms with E-state index in [1.165, 1.54) is 10.5 Å². The Balaban J connectivity index is 0. The van der Waals surface area contributed by atoms with E-state index in [1.54, 1.807) is 14.1 Å². The molecule has 0 saturated heterocycles. The van der Waals surface area contributed by atoms with Crippen molar-refractivity contribution in [3.8, 4) is 0 Å². The Bertz CT molecular complexity index is 354. The van der Waals surface area contributed by atoms with Crippen LogP contribution in [0.2, 0.25) is 0 Å². The molecule has 0 N–H and O–H groups in total. The topological polar surface area (TPSA) is 38.7 Å². The first kappa shape index (κ1) is 19.0. The van der Waals surface area contributed by atoms with Crippen LogP contribution < -0.4 is 24.0 Å². The second-order valence-electron chi connectivity index (χ2n) is 3.58. The minimum atomic E-state index is -0.195. The third-order valence-corrected chi connectivity index (χ3v) is 2.11. The summed E-state index contributed by atoms with van der Waals surface area (Å²) in [5.74, 6) is 0. The van der Waals surface area contributed by atoms with Crippen LogP contribution >= 0.6 is 0 Å². The molecule has 82 valence electrons. The van der Waals surface area contributed by atoms with Crippen LogP contribution in [0.1, 0.15) is 11.1 Å². The predicted molar refractivity (Wildman–Crippen MR) is 66.3 cm³/mol. The Morgan fingerprint density at radius 1 is 1.35 bits per heavy atom. The van der Waals surface area contributed by atoms with Gasteiger partial charge in [0.05, 0.1) is 0 Å². The van der Waals surface area contributed by atoms with Gasteiger partial charge in [0, 0.05) is 51.9 Å². The van der Waals surface area contributed by atoms with Crippen molar-refractivity contribution in [1.29, 1.82) is 0 Å². The van der Waals surface area contributed by atoms with E-state index in [-0.39, 0.29) is 43.7 Å². The number of hydrogen-bond acceptors (Lipinski definition) is 2. The van der Waals surface area contributed by atoms with E-state index in [4.69, 9.17) is 0 Å². The molecule has 0 spiro atoms. The van der Waals surface area contributed by atoms with E-state index in [0.717, 1.165) is 5.56 Å². The van der Waals surface area contributed by atoms with Gasteiger partial charge in [-0.1, -0.05) is 24.3 Å². The van der Waals surface area contributed by atoms with Crippen LogP contribution in [-0.2, 0) is 0 Å². The third kappa shape index (κ3) is 6.87. The number of nitrogens with zero attached hydrogens (tertiary/aromatic N) is 2. The number of rotatable bonds is 3. The van der Waals surface area contributed by atoms with Crippen LogP contribution in [0.15, 0.2) is 29.3 Å². The van der Waals surface area contributed by atoms with Gasteiger partial charge in [-0.05, 0) is 18.1 Å². The van der Waals surface area contributed by atoms with Crippen LogP contribution in [0.4, 0.5) is 0 Å². The molecule has 0 heterocycles. The Labute approximate surface area is 128 Å². The molecule has 1 aromatic rings. The SMILES string of the molecule is Cc1ccccc1[CH]CN=C([O-])N(C)C.[Li+].[Li]. The van der Waals surface area contributed by atoms with Gasteiger partial charge in [0.2, 0.25) is 0 Å². The number of amidine groups is 1. The quantitative estimate of drug-likeness (QED) is 0.318. The predicted octanol–water partition coefficient (Wildman–Crippen LogP) is -2.55. The zero-order chi connectivity index (χ0) is 11.3. The normalized spacial score (nSPS) is 10.2. The van der Waals surface area contributed by atoms with Gasteiger partial charge in [0.15, 0.2) is 0 Å². The maximum atomic E-state index is 11.2. The fourth-order valence-corrected chi connectivity index (χ4v) is 1.18. The first-order valence-electron chi connectivity index (χ1n) is 4.89. The third-order valence-electron chi connectivity index (χ3n) is 2.11. The van der Waals surface area contributed by atoms with Crippen LogP contribution in [0.25, 0.3) is 0 Å². The first-order chi connectivity index (χ1) is 7.11. The largest absolute Gasteiger partial charge is 1.00 e. The fraction of sp³-hybridized carbons (Fsp3) is 0.333. The molecular formula is C12H16Li2N2O. The molecule has 0 fully saturated rings. The molecule has 0 aromatic heterocycles. The van der Waals surface area contributed by atoms with Gasteiger partial charge in [0.1, 0.15) is 0 Å². The molecule has 0 aliphatic heterocycles. The average molecular weight is 218 g/mol. The molecular weight excluding hydrogens is 202 g/mol. The Morgan fingerprint density at radius 2 is 1.94 bits per heavy atom. The standard InChI is InChI=1S/C12H17N2O.2Li/c1-10-6-4-5-7-11(10)8-9-13-12(15)14(2)3;;/h4-8H,9H2,1-3H3,(H,13,15);;/q;;+1/p-1. The summed E-state index contributed by atoms with van der Waals surface area (Å²) in [4.78, 5) is 5.36. The molecule has 0 aliphatic rings. The monoisotopic (exact) mass is 218 g/mol. The summed E-state index contributed by atoms with van der Waals surface area (Å²) in [7, 11) is 3.39. The van der Waals surface area contributed by atoms with E-state index in [9.17, 15) is 5.11 Å². The van der Waals surface area contributed by atoms with Crippen LogP contribution in [0.3, 0.4) is 0 Å². The second-order valence-corrected chi connectivity index (χ2v) is 3.58. The van der Waals surface area contributed by atoms with Crippen molar-refractivity contribution in [2.24, 2.45) is 4.99 Å². The van der Waals surface area contributed by atoms with Gasteiger partial charge < -0.3 is 10.0 Å². The number of benzene rings is 1. The Morgan fingerprint density at radius 3 is 2.47 bits per heavy atom. The number of hydrogen-bond donors (Lipinski definition) is 0. The molecule has 3 nitrogen and oxygen atoms in total. The fourth-order valence-electron chi connectivity index (χ4n) is 1.18. The molecule has 1 rings (SSSR count). The molecule has 1 aromatic carbocycles. The van der Waals surface area contributed by atoms with Gasteiger partial charge in [-0.3, -0.25) is 4.99 Å². The van der Waals surface area contributed by atoms with Crippen LogP contribution in [0.5, 0.6) is 0 Å². The van der Waals surface area contributed by atoms with Gasteiger partial charge in [-0.15, -0.1) is 0 Å². The molecule has 5 heteroatoms. The summed E-state index contributed by atoms with van der Waals surface area (Å²) in [5.41, 5.74) is 2.33. The zero-order valence-corrected chi connectivity index (χ0v) is 11.4. The molecule has 0 bridgehead atoms. The summed E-state index contributed by atoms with van der Waals surface area (Å²) in [6.45, 7) is 2.47. The molecule has 0 aliphatic carbocycles. The van der Waals surface area contributed by atoms with E-state index in [1.807, 2.05) is 37.6 Å². The molecule has 0 amide bonds. The van der Waals surface area contributed by atoms with E-state index in [2.05, 4.69) is 4.99 Å². The van der Waals surface area contributed by atoms with Crippen molar-refractivity contribution in [1.82, 2.24) is 4.90 Å². The number of aryl methyl sites for hydroxylation is 1. The smallest absolute Gasteiger partial charge is 0.846 e. The molecule has 0 saturated carbocycles.